The minimum atomic E-state index is -0.558. The summed E-state index contributed by atoms with van der Waals surface area (Å²) in [5.74, 6) is -0.576. The van der Waals surface area contributed by atoms with E-state index in [2.05, 4.69) is 5.32 Å². The molecule has 1 heterocycles. The van der Waals surface area contributed by atoms with E-state index in [-0.39, 0.29) is 17.8 Å². The van der Waals surface area contributed by atoms with Gasteiger partial charge >= 0.3 is 6.03 Å². The average Bonchev–Trinajstić information content (AvgIpc) is 2.69. The zero-order valence-corrected chi connectivity index (χ0v) is 10.2. The first kappa shape index (κ1) is 12.3. The molecule has 0 aliphatic carbocycles. The standard InChI is InChI=1S/C12H14FN3O2/c1-15-7-10(14-12(15)18)11(17)16(2)9-5-3-8(13)4-6-9/h3-6,10H,7H2,1-2H3,(H,14,18). The molecule has 1 N–H and O–H groups in total. The number of hydrogen-bond acceptors (Lipinski definition) is 2. The van der Waals surface area contributed by atoms with Gasteiger partial charge in [-0.3, -0.25) is 4.79 Å². The van der Waals surface area contributed by atoms with Crippen molar-refractivity contribution in [3.8, 4) is 0 Å². The van der Waals surface area contributed by atoms with Gasteiger partial charge in [-0.1, -0.05) is 0 Å². The fourth-order valence-corrected chi connectivity index (χ4v) is 1.83. The van der Waals surface area contributed by atoms with E-state index in [9.17, 15) is 14.0 Å². The van der Waals surface area contributed by atoms with Crippen molar-refractivity contribution in [2.75, 3.05) is 25.5 Å². The molecule has 18 heavy (non-hydrogen) atoms. The van der Waals surface area contributed by atoms with Crippen molar-refractivity contribution in [1.82, 2.24) is 10.2 Å². The van der Waals surface area contributed by atoms with E-state index in [0.29, 0.717) is 12.2 Å². The molecule has 1 atom stereocenters. The molecule has 0 spiro atoms. The Bertz CT molecular complexity index is 475. The maximum atomic E-state index is 12.8. The maximum Gasteiger partial charge on any atom is 0.317 e. The molecule has 96 valence electrons. The van der Waals surface area contributed by atoms with Crippen LogP contribution in [0.2, 0.25) is 0 Å². The SMILES string of the molecule is CN1CC(C(=O)N(C)c2ccc(F)cc2)NC1=O. The third kappa shape index (κ3) is 2.27. The molecular weight excluding hydrogens is 237 g/mol. The summed E-state index contributed by atoms with van der Waals surface area (Å²) in [5.41, 5.74) is 0.588. The molecule has 1 aromatic carbocycles. The van der Waals surface area contributed by atoms with Crippen LogP contribution in [0, 0.1) is 5.82 Å². The van der Waals surface area contributed by atoms with Gasteiger partial charge < -0.3 is 15.1 Å². The van der Waals surface area contributed by atoms with Crippen molar-refractivity contribution < 1.29 is 14.0 Å². The molecule has 0 radical (unpaired) electrons. The molecule has 1 aliphatic heterocycles. The highest BCUT2D eigenvalue weighted by molar-refractivity contribution is 6.00. The number of amides is 3. The molecule has 1 fully saturated rings. The second-order valence-electron chi connectivity index (χ2n) is 4.26. The number of nitrogens with one attached hydrogen (secondary N) is 1. The van der Waals surface area contributed by atoms with E-state index in [1.165, 1.54) is 34.1 Å². The topological polar surface area (TPSA) is 52.7 Å². The third-order valence-corrected chi connectivity index (χ3v) is 2.94. The van der Waals surface area contributed by atoms with Crippen LogP contribution in [-0.2, 0) is 4.79 Å². The van der Waals surface area contributed by atoms with Crippen LogP contribution in [0.25, 0.3) is 0 Å². The van der Waals surface area contributed by atoms with Gasteiger partial charge in [-0.05, 0) is 24.3 Å². The molecule has 5 nitrogen and oxygen atoms in total. The summed E-state index contributed by atoms with van der Waals surface area (Å²) >= 11 is 0. The van der Waals surface area contributed by atoms with Gasteiger partial charge in [-0.2, -0.15) is 0 Å². The molecule has 1 unspecified atom stereocenters. The number of hydrogen-bond donors (Lipinski definition) is 1. The summed E-state index contributed by atoms with van der Waals surface area (Å²) in [6.45, 7) is 0.337. The first-order valence-electron chi connectivity index (χ1n) is 5.54. The van der Waals surface area contributed by atoms with Gasteiger partial charge in [0, 0.05) is 19.8 Å². The highest BCUT2D eigenvalue weighted by atomic mass is 19.1. The van der Waals surface area contributed by atoms with E-state index in [1.54, 1.807) is 14.1 Å². The summed E-state index contributed by atoms with van der Waals surface area (Å²) in [4.78, 5) is 26.3. The monoisotopic (exact) mass is 251 g/mol. The number of rotatable bonds is 2. The Morgan fingerprint density at radius 2 is 2.06 bits per heavy atom. The van der Waals surface area contributed by atoms with Crippen LogP contribution in [0.3, 0.4) is 0 Å². The zero-order valence-electron chi connectivity index (χ0n) is 10.2. The average molecular weight is 251 g/mol. The molecule has 2 rings (SSSR count). The van der Waals surface area contributed by atoms with E-state index in [4.69, 9.17) is 0 Å². The Kier molecular flexibility index (Phi) is 3.18. The minimum absolute atomic E-state index is 0.223. The molecule has 0 saturated carbocycles. The molecule has 1 saturated heterocycles. The number of anilines is 1. The lowest BCUT2D eigenvalue weighted by Gasteiger charge is -2.20. The van der Waals surface area contributed by atoms with Crippen molar-refractivity contribution in [2.24, 2.45) is 0 Å². The predicted octanol–water partition coefficient (Wildman–Crippen LogP) is 0.812. The van der Waals surface area contributed by atoms with Gasteiger partial charge in [0.2, 0.25) is 0 Å². The van der Waals surface area contributed by atoms with Crippen LogP contribution >= 0.6 is 0 Å². The molecule has 0 bridgehead atoms. The predicted molar refractivity (Wildman–Crippen MR) is 64.8 cm³/mol. The molecule has 1 aliphatic rings. The molecule has 1 aromatic rings. The van der Waals surface area contributed by atoms with Crippen molar-refractivity contribution in [1.29, 1.82) is 0 Å². The van der Waals surface area contributed by atoms with Gasteiger partial charge in [0.05, 0.1) is 6.54 Å². The van der Waals surface area contributed by atoms with Gasteiger partial charge in [-0.25, -0.2) is 9.18 Å². The van der Waals surface area contributed by atoms with Crippen LogP contribution in [0.5, 0.6) is 0 Å². The number of benzene rings is 1. The van der Waals surface area contributed by atoms with Crippen molar-refractivity contribution in [3.05, 3.63) is 30.1 Å². The summed E-state index contributed by atoms with van der Waals surface area (Å²) in [6.07, 6.45) is 0. The Morgan fingerprint density at radius 1 is 1.44 bits per heavy atom. The summed E-state index contributed by atoms with van der Waals surface area (Å²) in [5, 5.41) is 2.59. The molecule has 0 aromatic heterocycles. The molecule has 3 amide bonds. The summed E-state index contributed by atoms with van der Waals surface area (Å²) in [6, 6.07) is 4.80. The fraction of sp³-hybridized carbons (Fsp3) is 0.333. The second-order valence-corrected chi connectivity index (χ2v) is 4.26. The number of carbonyl (C=O) groups excluding carboxylic acids is 2. The summed E-state index contributed by atoms with van der Waals surface area (Å²) < 4.78 is 12.8. The number of likely N-dealkylation sites (N-methyl/N-ethyl adjacent to an activating group) is 2. The number of urea groups is 1. The third-order valence-electron chi connectivity index (χ3n) is 2.94. The minimum Gasteiger partial charge on any atom is -0.325 e. The lowest BCUT2D eigenvalue weighted by atomic mass is 10.2. The van der Waals surface area contributed by atoms with Gasteiger partial charge in [0.15, 0.2) is 0 Å². The van der Waals surface area contributed by atoms with E-state index < -0.39 is 6.04 Å². The van der Waals surface area contributed by atoms with Crippen LogP contribution < -0.4 is 10.2 Å². The largest absolute Gasteiger partial charge is 0.325 e. The smallest absolute Gasteiger partial charge is 0.317 e. The maximum absolute atomic E-state index is 12.8. The number of halogens is 1. The first-order chi connectivity index (χ1) is 8.49. The van der Waals surface area contributed by atoms with Crippen LogP contribution in [0.1, 0.15) is 0 Å². The van der Waals surface area contributed by atoms with E-state index >= 15 is 0 Å². The normalized spacial score (nSPS) is 18.7. The highest BCUT2D eigenvalue weighted by Gasteiger charge is 2.33. The summed E-state index contributed by atoms with van der Waals surface area (Å²) in [7, 11) is 3.22. The Hall–Kier alpha value is -2.11. The van der Waals surface area contributed by atoms with Crippen molar-refractivity contribution in [3.63, 3.8) is 0 Å². The van der Waals surface area contributed by atoms with Crippen LogP contribution in [0.15, 0.2) is 24.3 Å². The Morgan fingerprint density at radius 3 is 2.56 bits per heavy atom. The zero-order chi connectivity index (χ0) is 13.3. The number of nitrogens with zero attached hydrogens (tertiary/aromatic N) is 2. The van der Waals surface area contributed by atoms with Crippen molar-refractivity contribution in [2.45, 2.75) is 6.04 Å². The van der Waals surface area contributed by atoms with Gasteiger partial charge in [-0.15, -0.1) is 0 Å². The Balaban J connectivity index is 2.10. The molecule has 6 heteroatoms. The van der Waals surface area contributed by atoms with Gasteiger partial charge in [0.1, 0.15) is 11.9 Å². The van der Waals surface area contributed by atoms with Crippen LogP contribution in [0.4, 0.5) is 14.9 Å². The van der Waals surface area contributed by atoms with E-state index in [1.807, 2.05) is 0 Å². The first-order valence-corrected chi connectivity index (χ1v) is 5.54. The number of carbonyl (C=O) groups is 2. The van der Waals surface area contributed by atoms with E-state index in [0.717, 1.165) is 0 Å². The van der Waals surface area contributed by atoms with Gasteiger partial charge in [0.25, 0.3) is 5.91 Å². The Labute approximate surface area is 104 Å². The quantitative estimate of drug-likeness (QED) is 0.845. The highest BCUT2D eigenvalue weighted by Crippen LogP contribution is 2.15. The molecular formula is C12H14FN3O2. The lowest BCUT2D eigenvalue weighted by Crippen LogP contribution is -2.44. The second kappa shape index (κ2) is 4.64. The fourth-order valence-electron chi connectivity index (χ4n) is 1.83. The van der Waals surface area contributed by atoms with Crippen molar-refractivity contribution >= 4 is 17.6 Å². The van der Waals surface area contributed by atoms with Crippen LogP contribution in [-0.4, -0.2) is 43.5 Å². The lowest BCUT2D eigenvalue weighted by molar-refractivity contribution is -0.119.